The third kappa shape index (κ3) is 3.22. The first-order valence-corrected chi connectivity index (χ1v) is 7.74. The normalized spacial score (nSPS) is 20.8. The van der Waals surface area contributed by atoms with Gasteiger partial charge in [0.1, 0.15) is 0 Å². The molecule has 0 N–H and O–H groups in total. The van der Waals surface area contributed by atoms with Crippen molar-refractivity contribution >= 4 is 27.3 Å². The van der Waals surface area contributed by atoms with Gasteiger partial charge in [-0.1, -0.05) is 5.16 Å². The van der Waals surface area contributed by atoms with E-state index in [1.165, 1.54) is 0 Å². The lowest BCUT2D eigenvalue weighted by Crippen LogP contribution is -2.40. The van der Waals surface area contributed by atoms with Crippen LogP contribution >= 0.6 is 27.3 Å². The fraction of sp³-hybridized carbons (Fsp3) is 0.500. The van der Waals surface area contributed by atoms with Crippen LogP contribution in [0.5, 0.6) is 0 Å². The van der Waals surface area contributed by atoms with Gasteiger partial charge in [-0.3, -0.25) is 4.90 Å². The van der Waals surface area contributed by atoms with E-state index in [0.29, 0.717) is 18.3 Å². The average molecular weight is 344 g/mol. The topological polar surface area (TPSA) is 51.4 Å². The Balaban J connectivity index is 1.68. The van der Waals surface area contributed by atoms with Gasteiger partial charge in [0.2, 0.25) is 11.7 Å². The first-order valence-electron chi connectivity index (χ1n) is 6.13. The predicted octanol–water partition coefficient (Wildman–Crippen LogP) is 2.78. The van der Waals surface area contributed by atoms with Crippen molar-refractivity contribution in [1.29, 1.82) is 0 Å². The molecule has 1 aliphatic rings. The van der Waals surface area contributed by atoms with Crippen LogP contribution < -0.4 is 0 Å². The van der Waals surface area contributed by atoms with Crippen molar-refractivity contribution in [3.05, 3.63) is 21.8 Å². The molecule has 0 aromatic carbocycles. The highest BCUT2D eigenvalue weighted by molar-refractivity contribution is 9.11. The summed E-state index contributed by atoms with van der Waals surface area (Å²) in [5, 5.41) is 4.03. The van der Waals surface area contributed by atoms with Gasteiger partial charge in [-0.2, -0.15) is 4.98 Å². The van der Waals surface area contributed by atoms with Crippen molar-refractivity contribution in [2.45, 2.75) is 19.6 Å². The summed E-state index contributed by atoms with van der Waals surface area (Å²) in [5.41, 5.74) is 0. The van der Waals surface area contributed by atoms with Crippen molar-refractivity contribution in [2.75, 3.05) is 19.7 Å². The lowest BCUT2D eigenvalue weighted by molar-refractivity contribution is -0.0240. The van der Waals surface area contributed by atoms with E-state index < -0.39 is 0 Å². The standard InChI is InChI=1S/C12H14BrN3O2S/c1-8-6-16(4-5-17-8)7-11-14-12(15-18-11)9-2-3-10(13)19-9/h2-3,8H,4-7H2,1H3. The third-order valence-electron chi connectivity index (χ3n) is 2.95. The summed E-state index contributed by atoms with van der Waals surface area (Å²) in [6, 6.07) is 3.97. The summed E-state index contributed by atoms with van der Waals surface area (Å²) in [6.45, 7) is 5.34. The molecule has 7 heteroatoms. The Bertz CT molecular complexity index is 557. The van der Waals surface area contributed by atoms with Crippen LogP contribution in [0.4, 0.5) is 0 Å². The van der Waals surface area contributed by atoms with Crippen molar-refractivity contribution in [3.8, 4) is 10.7 Å². The Labute approximate surface area is 123 Å². The molecule has 2 aromatic rings. The molecule has 1 saturated heterocycles. The maximum atomic E-state index is 5.51. The third-order valence-corrected chi connectivity index (χ3v) is 4.57. The van der Waals surface area contributed by atoms with E-state index in [2.05, 4.69) is 37.9 Å². The van der Waals surface area contributed by atoms with Crippen LogP contribution in [0.3, 0.4) is 0 Å². The lowest BCUT2D eigenvalue weighted by atomic mass is 10.3. The van der Waals surface area contributed by atoms with E-state index in [-0.39, 0.29) is 6.10 Å². The first kappa shape index (κ1) is 13.2. The highest BCUT2D eigenvalue weighted by Crippen LogP contribution is 2.29. The molecule has 0 saturated carbocycles. The largest absolute Gasteiger partial charge is 0.376 e. The van der Waals surface area contributed by atoms with Gasteiger partial charge in [0, 0.05) is 13.1 Å². The monoisotopic (exact) mass is 343 g/mol. The Morgan fingerprint density at radius 1 is 1.53 bits per heavy atom. The molecule has 1 atom stereocenters. The van der Waals surface area contributed by atoms with E-state index in [1.807, 2.05) is 12.1 Å². The number of rotatable bonds is 3. The lowest BCUT2D eigenvalue weighted by Gasteiger charge is -2.29. The van der Waals surface area contributed by atoms with Gasteiger partial charge < -0.3 is 9.26 Å². The van der Waals surface area contributed by atoms with Gasteiger partial charge in [-0.05, 0) is 35.0 Å². The number of morpholine rings is 1. The molecule has 0 bridgehead atoms. The molecule has 102 valence electrons. The zero-order valence-electron chi connectivity index (χ0n) is 10.5. The quantitative estimate of drug-likeness (QED) is 0.857. The van der Waals surface area contributed by atoms with Gasteiger partial charge >= 0.3 is 0 Å². The Kier molecular flexibility index (Phi) is 3.97. The number of nitrogens with zero attached hydrogens (tertiary/aromatic N) is 3. The fourth-order valence-electron chi connectivity index (χ4n) is 2.08. The second-order valence-corrected chi connectivity index (χ2v) is 7.00. The summed E-state index contributed by atoms with van der Waals surface area (Å²) < 4.78 is 11.9. The maximum absolute atomic E-state index is 5.51. The van der Waals surface area contributed by atoms with E-state index in [1.54, 1.807) is 11.3 Å². The molecule has 5 nitrogen and oxygen atoms in total. The van der Waals surface area contributed by atoms with Crippen LogP contribution in [0, 0.1) is 0 Å². The minimum atomic E-state index is 0.268. The summed E-state index contributed by atoms with van der Waals surface area (Å²) in [7, 11) is 0. The van der Waals surface area contributed by atoms with Crippen LogP contribution in [0.15, 0.2) is 20.4 Å². The van der Waals surface area contributed by atoms with Crippen LogP contribution in [0.25, 0.3) is 10.7 Å². The SMILES string of the molecule is CC1CN(Cc2nc(-c3ccc(Br)s3)no2)CCO1. The molecule has 3 heterocycles. The van der Waals surface area contributed by atoms with Crippen molar-refractivity contribution in [3.63, 3.8) is 0 Å². The number of hydrogen-bond donors (Lipinski definition) is 0. The fourth-order valence-corrected chi connectivity index (χ4v) is 3.39. The number of hydrogen-bond acceptors (Lipinski definition) is 6. The van der Waals surface area contributed by atoms with Crippen LogP contribution in [0.1, 0.15) is 12.8 Å². The average Bonchev–Trinajstić information content (AvgIpc) is 2.98. The second-order valence-electron chi connectivity index (χ2n) is 4.53. The molecule has 0 spiro atoms. The zero-order chi connectivity index (χ0) is 13.2. The molecule has 0 aliphatic carbocycles. The van der Waals surface area contributed by atoms with Crippen molar-refractivity contribution in [1.82, 2.24) is 15.0 Å². The van der Waals surface area contributed by atoms with Crippen molar-refractivity contribution < 1.29 is 9.26 Å². The number of aromatic nitrogens is 2. The van der Waals surface area contributed by atoms with Crippen molar-refractivity contribution in [2.24, 2.45) is 0 Å². The minimum absolute atomic E-state index is 0.268. The van der Waals surface area contributed by atoms with Gasteiger partial charge in [0.15, 0.2) is 0 Å². The molecule has 0 amide bonds. The number of halogens is 1. The van der Waals surface area contributed by atoms with Crippen LogP contribution in [-0.2, 0) is 11.3 Å². The zero-order valence-corrected chi connectivity index (χ0v) is 12.9. The molecule has 1 aliphatic heterocycles. The van der Waals surface area contributed by atoms with Crippen LogP contribution in [0.2, 0.25) is 0 Å². The Morgan fingerprint density at radius 2 is 2.42 bits per heavy atom. The molecular formula is C12H14BrN3O2S. The van der Waals surface area contributed by atoms with E-state index >= 15 is 0 Å². The van der Waals surface area contributed by atoms with E-state index in [0.717, 1.165) is 28.4 Å². The minimum Gasteiger partial charge on any atom is -0.376 e. The summed E-state index contributed by atoms with van der Waals surface area (Å²) in [5.74, 6) is 1.32. The molecular weight excluding hydrogens is 330 g/mol. The van der Waals surface area contributed by atoms with Gasteiger partial charge in [-0.15, -0.1) is 11.3 Å². The maximum Gasteiger partial charge on any atom is 0.241 e. The highest BCUT2D eigenvalue weighted by Gasteiger charge is 2.19. The molecule has 3 rings (SSSR count). The summed E-state index contributed by atoms with van der Waals surface area (Å²) >= 11 is 5.03. The second kappa shape index (κ2) is 5.70. The molecule has 1 unspecified atom stereocenters. The molecule has 19 heavy (non-hydrogen) atoms. The molecule has 0 radical (unpaired) electrons. The Hall–Kier alpha value is -0.760. The Morgan fingerprint density at radius 3 is 3.16 bits per heavy atom. The van der Waals surface area contributed by atoms with E-state index in [4.69, 9.17) is 9.26 Å². The number of ether oxygens (including phenoxy) is 1. The first-order chi connectivity index (χ1) is 9.20. The van der Waals surface area contributed by atoms with Gasteiger partial charge in [0.05, 0.1) is 27.9 Å². The van der Waals surface area contributed by atoms with Crippen LogP contribution in [-0.4, -0.2) is 40.8 Å². The highest BCUT2D eigenvalue weighted by atomic mass is 79.9. The number of thiophene rings is 1. The predicted molar refractivity (Wildman–Crippen MR) is 76.0 cm³/mol. The molecule has 2 aromatic heterocycles. The smallest absolute Gasteiger partial charge is 0.241 e. The van der Waals surface area contributed by atoms with E-state index in [9.17, 15) is 0 Å². The van der Waals surface area contributed by atoms with Gasteiger partial charge in [-0.25, -0.2) is 0 Å². The summed E-state index contributed by atoms with van der Waals surface area (Å²) in [6.07, 6.45) is 0.268. The van der Waals surface area contributed by atoms with Gasteiger partial charge in [0.25, 0.3) is 0 Å². The summed E-state index contributed by atoms with van der Waals surface area (Å²) in [4.78, 5) is 7.73. The molecule has 1 fully saturated rings.